The van der Waals surface area contributed by atoms with Crippen molar-refractivity contribution in [2.75, 3.05) is 0 Å². The molecule has 0 spiro atoms. The van der Waals surface area contributed by atoms with Crippen LogP contribution in [0.15, 0.2) is 0 Å². The Labute approximate surface area is 84.4 Å². The topological polar surface area (TPSA) is 43.1 Å². The number of carbonyl (C=O) groups is 1. The van der Waals surface area contributed by atoms with E-state index >= 15 is 0 Å². The molecule has 0 fully saturated rings. The minimum atomic E-state index is -0.227. The van der Waals surface area contributed by atoms with Crippen LogP contribution in [0.25, 0.3) is 0 Å². The number of nitrogens with two attached hydrogens (primary N) is 1. The van der Waals surface area contributed by atoms with Crippen molar-refractivity contribution < 1.29 is 6.22 Å². The molecule has 1 atom stereocenters. The van der Waals surface area contributed by atoms with Gasteiger partial charge in [0.1, 0.15) is 0 Å². The third-order valence-electron chi connectivity index (χ3n) is 1.80. The lowest BCUT2D eigenvalue weighted by Gasteiger charge is -2.11. The van der Waals surface area contributed by atoms with Crippen molar-refractivity contribution in [3.8, 4) is 0 Å². The van der Waals surface area contributed by atoms with Crippen LogP contribution in [0.1, 0.15) is 55.3 Å². The second kappa shape index (κ2) is 9.72. The fourth-order valence-electron chi connectivity index (χ4n) is 0.994. The van der Waals surface area contributed by atoms with Crippen LogP contribution < -0.4 is 5.73 Å². The van der Waals surface area contributed by atoms with Gasteiger partial charge in [-0.3, -0.25) is 4.79 Å². The molecule has 2 nitrogen and oxygen atoms in total. The summed E-state index contributed by atoms with van der Waals surface area (Å²) in [5.74, 6) is 0.278. The van der Waals surface area contributed by atoms with Gasteiger partial charge in [0.05, 0.1) is 6.04 Å². The third kappa shape index (κ3) is 7.97. The molecule has 0 bridgehead atoms. The predicted octanol–water partition coefficient (Wildman–Crippen LogP) is 3.00. The number of hydrogen-bond donors (Lipinski definition) is 1. The SMILES string of the molecule is CC.CCCC[C@H](N)C(=O)C(C)C.[HH]. The summed E-state index contributed by atoms with van der Waals surface area (Å²) < 4.78 is 0. The van der Waals surface area contributed by atoms with Crippen LogP contribution in [0, 0.1) is 5.92 Å². The van der Waals surface area contributed by atoms with Crippen LogP contribution in [0.2, 0.25) is 0 Å². The summed E-state index contributed by atoms with van der Waals surface area (Å²) in [5.41, 5.74) is 5.65. The van der Waals surface area contributed by atoms with E-state index in [2.05, 4.69) is 6.92 Å². The molecule has 0 amide bonds. The van der Waals surface area contributed by atoms with E-state index in [0.29, 0.717) is 0 Å². The van der Waals surface area contributed by atoms with Gasteiger partial charge < -0.3 is 5.73 Å². The Morgan fingerprint density at radius 3 is 2.15 bits per heavy atom. The summed E-state index contributed by atoms with van der Waals surface area (Å²) >= 11 is 0. The second-order valence-corrected chi connectivity index (χ2v) is 3.31. The number of rotatable bonds is 5. The highest BCUT2D eigenvalue weighted by Gasteiger charge is 2.15. The highest BCUT2D eigenvalue weighted by atomic mass is 16.1. The standard InChI is InChI=1S/C9H19NO.C2H6.H2/c1-4-5-6-8(10)9(11)7(2)3;1-2;/h7-8H,4-6,10H2,1-3H3;1-2H3;1H/t8-;;/m0../s1. The summed E-state index contributed by atoms with van der Waals surface area (Å²) in [6.45, 7) is 9.90. The average Bonchev–Trinajstić information content (AvgIpc) is 2.16. The van der Waals surface area contributed by atoms with Crippen molar-refractivity contribution in [3.63, 3.8) is 0 Å². The molecule has 2 N–H and O–H groups in total. The molecule has 0 aliphatic carbocycles. The Bertz CT molecular complexity index is 126. The fraction of sp³-hybridized carbons (Fsp3) is 0.909. The van der Waals surface area contributed by atoms with E-state index in [1.807, 2.05) is 27.7 Å². The molecule has 13 heavy (non-hydrogen) atoms. The Morgan fingerprint density at radius 1 is 1.38 bits per heavy atom. The van der Waals surface area contributed by atoms with E-state index in [4.69, 9.17) is 5.73 Å². The zero-order valence-corrected chi connectivity index (χ0v) is 9.76. The lowest BCUT2D eigenvalue weighted by Crippen LogP contribution is -2.33. The van der Waals surface area contributed by atoms with Crippen molar-refractivity contribution in [2.24, 2.45) is 11.7 Å². The molecule has 0 saturated heterocycles. The molecule has 0 unspecified atom stereocenters. The minimum Gasteiger partial charge on any atom is -0.321 e. The lowest BCUT2D eigenvalue weighted by molar-refractivity contribution is -0.123. The first kappa shape index (κ1) is 15.1. The van der Waals surface area contributed by atoms with Crippen LogP contribution in [-0.2, 0) is 4.79 Å². The summed E-state index contributed by atoms with van der Waals surface area (Å²) in [6.07, 6.45) is 3.01. The number of ketones is 1. The lowest BCUT2D eigenvalue weighted by atomic mass is 9.98. The second-order valence-electron chi connectivity index (χ2n) is 3.31. The average molecular weight is 189 g/mol. The van der Waals surface area contributed by atoms with Crippen molar-refractivity contribution in [1.29, 1.82) is 0 Å². The first-order chi connectivity index (χ1) is 6.09. The van der Waals surface area contributed by atoms with Crippen molar-refractivity contribution in [3.05, 3.63) is 0 Å². The smallest absolute Gasteiger partial charge is 0.152 e. The van der Waals surface area contributed by atoms with E-state index in [1.54, 1.807) is 0 Å². The third-order valence-corrected chi connectivity index (χ3v) is 1.80. The van der Waals surface area contributed by atoms with Crippen molar-refractivity contribution in [2.45, 2.75) is 59.9 Å². The van der Waals surface area contributed by atoms with Gasteiger partial charge in [-0.2, -0.15) is 0 Å². The Kier molecular flexibility index (Phi) is 11.3. The van der Waals surface area contributed by atoms with E-state index in [9.17, 15) is 4.79 Å². The first-order valence-corrected chi connectivity index (χ1v) is 5.38. The summed E-state index contributed by atoms with van der Waals surface area (Å²) in [4.78, 5) is 11.2. The van der Waals surface area contributed by atoms with Crippen LogP contribution >= 0.6 is 0 Å². The van der Waals surface area contributed by atoms with Crippen LogP contribution in [0.4, 0.5) is 0 Å². The van der Waals surface area contributed by atoms with E-state index in [-0.39, 0.29) is 19.2 Å². The maximum atomic E-state index is 11.2. The van der Waals surface area contributed by atoms with Gasteiger partial charge in [0.2, 0.25) is 0 Å². The number of Topliss-reactive ketones (excluding diaryl/α,β-unsaturated/α-hetero) is 1. The normalized spacial score (nSPS) is 11.9. The molecular formula is C11H27NO. The predicted molar refractivity (Wildman–Crippen MR) is 60.8 cm³/mol. The largest absolute Gasteiger partial charge is 0.321 e. The summed E-state index contributed by atoms with van der Waals surface area (Å²) in [6, 6.07) is -0.227. The molecule has 0 aliphatic heterocycles. The minimum absolute atomic E-state index is 0. The molecule has 2 heteroatoms. The van der Waals surface area contributed by atoms with Crippen LogP contribution in [-0.4, -0.2) is 11.8 Å². The monoisotopic (exact) mass is 189 g/mol. The Balaban J connectivity index is -0.000000376. The summed E-state index contributed by atoms with van der Waals surface area (Å²) in [7, 11) is 0. The Morgan fingerprint density at radius 2 is 1.85 bits per heavy atom. The van der Waals surface area contributed by atoms with E-state index in [1.165, 1.54) is 0 Å². The molecule has 0 aromatic carbocycles. The van der Waals surface area contributed by atoms with Gasteiger partial charge in [0.15, 0.2) is 5.78 Å². The Hall–Kier alpha value is -0.370. The maximum Gasteiger partial charge on any atom is 0.152 e. The van der Waals surface area contributed by atoms with Crippen molar-refractivity contribution >= 4 is 5.78 Å². The zero-order valence-electron chi connectivity index (χ0n) is 9.76. The quantitative estimate of drug-likeness (QED) is 0.722. The van der Waals surface area contributed by atoms with E-state index in [0.717, 1.165) is 19.3 Å². The molecule has 0 heterocycles. The van der Waals surface area contributed by atoms with Gasteiger partial charge in [-0.1, -0.05) is 47.5 Å². The van der Waals surface area contributed by atoms with Crippen molar-refractivity contribution in [1.82, 2.24) is 0 Å². The molecule has 82 valence electrons. The zero-order chi connectivity index (χ0) is 10.9. The molecule has 0 aromatic heterocycles. The highest BCUT2D eigenvalue weighted by Crippen LogP contribution is 2.04. The van der Waals surface area contributed by atoms with Gasteiger partial charge in [-0.15, -0.1) is 0 Å². The highest BCUT2D eigenvalue weighted by molar-refractivity contribution is 5.85. The summed E-state index contributed by atoms with van der Waals surface area (Å²) in [5, 5.41) is 0. The maximum absolute atomic E-state index is 11.2. The number of carbonyl (C=O) groups excluding carboxylic acids is 1. The van der Waals surface area contributed by atoms with E-state index < -0.39 is 0 Å². The van der Waals surface area contributed by atoms with Gasteiger partial charge in [0, 0.05) is 7.34 Å². The molecular weight excluding hydrogens is 162 g/mol. The van der Waals surface area contributed by atoms with Gasteiger partial charge in [0.25, 0.3) is 0 Å². The molecule has 0 saturated carbocycles. The molecule has 0 radical (unpaired) electrons. The first-order valence-electron chi connectivity index (χ1n) is 5.38. The van der Waals surface area contributed by atoms with Crippen LogP contribution in [0.3, 0.4) is 0 Å². The molecule has 0 rings (SSSR count). The molecule has 0 aliphatic rings. The molecule has 0 aromatic rings. The number of unbranched alkanes of at least 4 members (excludes halogenated alkanes) is 1. The van der Waals surface area contributed by atoms with Gasteiger partial charge in [-0.25, -0.2) is 0 Å². The van der Waals surface area contributed by atoms with Crippen LogP contribution in [0.5, 0.6) is 0 Å². The number of hydrogen-bond acceptors (Lipinski definition) is 2. The van der Waals surface area contributed by atoms with Gasteiger partial charge in [-0.05, 0) is 6.42 Å². The van der Waals surface area contributed by atoms with Gasteiger partial charge >= 0.3 is 0 Å². The fourth-order valence-corrected chi connectivity index (χ4v) is 0.994.